The first-order valence-corrected chi connectivity index (χ1v) is 7.29. The highest BCUT2D eigenvalue weighted by atomic mass is 16.6. The second-order valence-corrected chi connectivity index (χ2v) is 5.72. The first-order chi connectivity index (χ1) is 9.72. The van der Waals surface area contributed by atoms with Crippen LogP contribution >= 0.6 is 0 Å². The van der Waals surface area contributed by atoms with Crippen LogP contribution in [0.2, 0.25) is 0 Å². The lowest BCUT2D eigenvalue weighted by Crippen LogP contribution is -2.29. The van der Waals surface area contributed by atoms with E-state index in [-0.39, 0.29) is 36.0 Å². The third-order valence-electron chi connectivity index (χ3n) is 4.02. The molecule has 6 heteroatoms. The zero-order valence-corrected chi connectivity index (χ0v) is 11.4. The van der Waals surface area contributed by atoms with Crippen molar-refractivity contribution in [3.05, 3.63) is 0 Å². The quantitative estimate of drug-likeness (QED) is 0.527. The van der Waals surface area contributed by atoms with Crippen LogP contribution in [0.25, 0.3) is 0 Å². The molecule has 2 atom stereocenters. The monoisotopic (exact) mass is 284 g/mol. The van der Waals surface area contributed by atoms with Gasteiger partial charge in [0.1, 0.15) is 25.4 Å². The van der Waals surface area contributed by atoms with E-state index in [9.17, 15) is 9.59 Å². The Labute approximate surface area is 117 Å². The largest absolute Gasteiger partial charge is 0.463 e. The van der Waals surface area contributed by atoms with Crippen molar-refractivity contribution in [2.24, 2.45) is 11.8 Å². The number of rotatable bonds is 6. The smallest absolute Gasteiger partial charge is 0.309 e. The molecule has 20 heavy (non-hydrogen) atoms. The zero-order chi connectivity index (χ0) is 13.9. The Morgan fingerprint density at radius 3 is 1.45 bits per heavy atom. The fourth-order valence-corrected chi connectivity index (χ4v) is 2.48. The van der Waals surface area contributed by atoms with Gasteiger partial charge in [-0.05, 0) is 25.7 Å². The summed E-state index contributed by atoms with van der Waals surface area (Å²) in [4.78, 5) is 23.6. The van der Waals surface area contributed by atoms with Gasteiger partial charge in [0.15, 0.2) is 0 Å². The van der Waals surface area contributed by atoms with Crippen molar-refractivity contribution in [1.82, 2.24) is 0 Å². The maximum Gasteiger partial charge on any atom is 0.309 e. The standard InChI is InChI=1S/C14H20O6/c15-13(19-7-11-5-17-11)9-1-2-10(4-3-9)14(16)20-8-12-6-18-12/h9-12H,1-8H2/t9?,10?,11-,12-/m1/s1. The highest BCUT2D eigenvalue weighted by molar-refractivity contribution is 5.75. The van der Waals surface area contributed by atoms with Gasteiger partial charge in [-0.1, -0.05) is 0 Å². The molecular formula is C14H20O6. The highest BCUT2D eigenvalue weighted by Crippen LogP contribution is 2.31. The van der Waals surface area contributed by atoms with Gasteiger partial charge in [-0.2, -0.15) is 0 Å². The van der Waals surface area contributed by atoms with Gasteiger partial charge in [-0.3, -0.25) is 9.59 Å². The molecule has 0 aromatic rings. The van der Waals surface area contributed by atoms with Crippen LogP contribution in [0.15, 0.2) is 0 Å². The van der Waals surface area contributed by atoms with Crippen LogP contribution in [-0.2, 0) is 28.5 Å². The van der Waals surface area contributed by atoms with Gasteiger partial charge >= 0.3 is 11.9 Å². The van der Waals surface area contributed by atoms with Crippen molar-refractivity contribution < 1.29 is 28.5 Å². The van der Waals surface area contributed by atoms with Crippen LogP contribution in [0.3, 0.4) is 0 Å². The topological polar surface area (TPSA) is 77.7 Å². The molecule has 0 unspecified atom stereocenters. The molecule has 3 fully saturated rings. The maximum absolute atomic E-state index is 11.8. The molecular weight excluding hydrogens is 264 g/mol. The SMILES string of the molecule is O=C(OC[C@H]1CO1)C1CCC(C(=O)OC[C@H]2CO2)CC1. The number of carbonyl (C=O) groups excluding carboxylic acids is 2. The number of carbonyl (C=O) groups is 2. The molecule has 3 aliphatic rings. The van der Waals surface area contributed by atoms with E-state index >= 15 is 0 Å². The predicted molar refractivity (Wildman–Crippen MR) is 66.8 cm³/mol. The molecule has 0 radical (unpaired) electrons. The van der Waals surface area contributed by atoms with Gasteiger partial charge in [-0.25, -0.2) is 0 Å². The number of ether oxygens (including phenoxy) is 4. The van der Waals surface area contributed by atoms with Crippen LogP contribution in [0.1, 0.15) is 25.7 Å². The zero-order valence-electron chi connectivity index (χ0n) is 11.4. The second-order valence-electron chi connectivity index (χ2n) is 5.72. The van der Waals surface area contributed by atoms with Crippen molar-refractivity contribution in [1.29, 1.82) is 0 Å². The summed E-state index contributed by atoms with van der Waals surface area (Å²) in [5.41, 5.74) is 0. The van der Waals surface area contributed by atoms with E-state index in [0.717, 1.165) is 0 Å². The third-order valence-corrected chi connectivity index (χ3v) is 4.02. The molecule has 0 aromatic heterocycles. The number of hydrogen-bond donors (Lipinski definition) is 0. The van der Waals surface area contributed by atoms with Crippen molar-refractivity contribution in [3.8, 4) is 0 Å². The molecule has 0 amide bonds. The highest BCUT2D eigenvalue weighted by Gasteiger charge is 2.34. The molecule has 6 nitrogen and oxygen atoms in total. The van der Waals surface area contributed by atoms with Crippen LogP contribution in [-0.4, -0.2) is 50.6 Å². The van der Waals surface area contributed by atoms with Gasteiger partial charge < -0.3 is 18.9 Å². The number of esters is 2. The molecule has 0 bridgehead atoms. The van der Waals surface area contributed by atoms with Gasteiger partial charge in [0, 0.05) is 0 Å². The van der Waals surface area contributed by atoms with Crippen molar-refractivity contribution in [2.45, 2.75) is 37.9 Å². The lowest BCUT2D eigenvalue weighted by atomic mass is 9.82. The fraction of sp³-hybridized carbons (Fsp3) is 0.857. The normalized spacial score (nSPS) is 35.2. The van der Waals surface area contributed by atoms with Crippen LogP contribution in [0.5, 0.6) is 0 Å². The summed E-state index contributed by atoms with van der Waals surface area (Å²) in [6.07, 6.45) is 3.01. The van der Waals surface area contributed by atoms with E-state index in [1.807, 2.05) is 0 Å². The molecule has 2 saturated heterocycles. The summed E-state index contributed by atoms with van der Waals surface area (Å²) in [6, 6.07) is 0. The Hall–Kier alpha value is -1.14. The van der Waals surface area contributed by atoms with Crippen LogP contribution < -0.4 is 0 Å². The second kappa shape index (κ2) is 6.10. The van der Waals surface area contributed by atoms with E-state index in [4.69, 9.17) is 18.9 Å². The Bertz CT molecular complexity index is 330. The average Bonchev–Trinajstić information content (AvgIpc) is 3.37. The molecule has 2 aliphatic heterocycles. The lowest BCUT2D eigenvalue weighted by molar-refractivity contribution is -0.155. The van der Waals surface area contributed by atoms with Crippen molar-refractivity contribution >= 4 is 11.9 Å². The molecule has 3 rings (SSSR count). The Kier molecular flexibility index (Phi) is 4.21. The first kappa shape index (κ1) is 13.8. The van der Waals surface area contributed by atoms with Gasteiger partial charge in [0.25, 0.3) is 0 Å². The molecule has 112 valence electrons. The average molecular weight is 284 g/mol. The minimum Gasteiger partial charge on any atom is -0.463 e. The molecule has 2 heterocycles. The lowest BCUT2D eigenvalue weighted by Gasteiger charge is -2.25. The van der Waals surface area contributed by atoms with Crippen molar-refractivity contribution in [2.75, 3.05) is 26.4 Å². The Balaban J connectivity index is 1.34. The minimum atomic E-state index is -0.154. The summed E-state index contributed by atoms with van der Waals surface area (Å²) in [7, 11) is 0. The number of epoxide rings is 2. The maximum atomic E-state index is 11.8. The Morgan fingerprint density at radius 1 is 0.800 bits per heavy atom. The molecule has 0 spiro atoms. The fourth-order valence-electron chi connectivity index (χ4n) is 2.48. The van der Waals surface area contributed by atoms with Crippen molar-refractivity contribution in [3.63, 3.8) is 0 Å². The predicted octanol–water partition coefficient (Wildman–Crippen LogP) is 0.677. The Morgan fingerprint density at radius 2 is 1.15 bits per heavy atom. The first-order valence-electron chi connectivity index (χ1n) is 7.29. The number of hydrogen-bond acceptors (Lipinski definition) is 6. The molecule has 1 aliphatic carbocycles. The van der Waals surface area contributed by atoms with E-state index < -0.39 is 0 Å². The van der Waals surface area contributed by atoms with E-state index in [2.05, 4.69) is 0 Å². The summed E-state index contributed by atoms with van der Waals surface area (Å²) in [5.74, 6) is -0.466. The van der Waals surface area contributed by atoms with Crippen LogP contribution in [0.4, 0.5) is 0 Å². The molecule has 0 aromatic carbocycles. The van der Waals surface area contributed by atoms with E-state index in [1.165, 1.54) is 0 Å². The van der Waals surface area contributed by atoms with Crippen LogP contribution in [0, 0.1) is 11.8 Å². The van der Waals surface area contributed by atoms with E-state index in [0.29, 0.717) is 52.1 Å². The van der Waals surface area contributed by atoms with Gasteiger partial charge in [0.2, 0.25) is 0 Å². The van der Waals surface area contributed by atoms with Gasteiger partial charge in [0.05, 0.1) is 25.0 Å². The van der Waals surface area contributed by atoms with Gasteiger partial charge in [-0.15, -0.1) is 0 Å². The summed E-state index contributed by atoms with van der Waals surface area (Å²) >= 11 is 0. The summed E-state index contributed by atoms with van der Waals surface area (Å²) < 4.78 is 20.4. The summed E-state index contributed by atoms with van der Waals surface area (Å²) in [5, 5.41) is 0. The minimum absolute atomic E-state index is 0.0791. The van der Waals surface area contributed by atoms with E-state index in [1.54, 1.807) is 0 Å². The molecule has 1 saturated carbocycles. The third kappa shape index (κ3) is 3.93. The summed E-state index contributed by atoms with van der Waals surface area (Å²) in [6.45, 7) is 2.11. The molecule has 0 N–H and O–H groups in total.